The molecule has 3 amide bonds. The summed E-state index contributed by atoms with van der Waals surface area (Å²) in [7, 11) is 5.33. The predicted molar refractivity (Wildman–Crippen MR) is 132 cm³/mol. The Hall–Kier alpha value is -2.65. The summed E-state index contributed by atoms with van der Waals surface area (Å²) in [5.41, 5.74) is 1.27. The quantitative estimate of drug-likeness (QED) is 0.577. The molecular formula is C25H41N5O4. The van der Waals surface area contributed by atoms with E-state index in [4.69, 9.17) is 4.74 Å². The van der Waals surface area contributed by atoms with Gasteiger partial charge in [-0.05, 0) is 43.0 Å². The molecule has 3 rings (SSSR count). The number of hydrazine groups is 1. The summed E-state index contributed by atoms with van der Waals surface area (Å²) in [5.74, 6) is 1.46. The molecule has 1 aromatic rings. The van der Waals surface area contributed by atoms with Crippen LogP contribution in [0.5, 0.6) is 5.75 Å². The third kappa shape index (κ3) is 6.93. The van der Waals surface area contributed by atoms with Crippen molar-refractivity contribution in [3.05, 3.63) is 29.8 Å². The summed E-state index contributed by atoms with van der Waals surface area (Å²) < 4.78 is 5.03. The zero-order chi connectivity index (χ0) is 25.4. The predicted octanol–water partition coefficient (Wildman–Crippen LogP) is 1.79. The molecule has 2 aliphatic rings. The molecule has 0 saturated carbocycles. The van der Waals surface area contributed by atoms with Gasteiger partial charge in [0.05, 0.1) is 20.2 Å². The minimum absolute atomic E-state index is 0.00685. The molecule has 1 N–H and O–H groups in total. The first kappa shape index (κ1) is 27.6. The van der Waals surface area contributed by atoms with Crippen LogP contribution in [0.2, 0.25) is 0 Å². The number of methoxy groups -OCH3 is 1. The summed E-state index contributed by atoms with van der Waals surface area (Å²) in [6.07, 6.45) is 0.963. The molecule has 0 aromatic heterocycles. The Morgan fingerprint density at radius 2 is 1.76 bits per heavy atom. The van der Waals surface area contributed by atoms with Crippen LogP contribution in [0.25, 0.3) is 0 Å². The Kier molecular flexibility index (Phi) is 10.3. The summed E-state index contributed by atoms with van der Waals surface area (Å²) in [5, 5.41) is 6.25. The van der Waals surface area contributed by atoms with E-state index in [0.717, 1.165) is 18.7 Å². The number of nitrogens with one attached hydrogen (secondary N) is 1. The van der Waals surface area contributed by atoms with Crippen molar-refractivity contribution in [2.45, 2.75) is 52.9 Å². The van der Waals surface area contributed by atoms with Gasteiger partial charge in [0, 0.05) is 20.1 Å². The van der Waals surface area contributed by atoms with E-state index in [2.05, 4.69) is 31.3 Å². The van der Waals surface area contributed by atoms with E-state index in [1.165, 1.54) is 10.6 Å². The van der Waals surface area contributed by atoms with Crippen molar-refractivity contribution in [2.75, 3.05) is 40.8 Å². The third-order valence-corrected chi connectivity index (χ3v) is 5.92. The summed E-state index contributed by atoms with van der Waals surface area (Å²) in [4.78, 5) is 40.4. The number of carbonyl (C=O) groups is 3. The number of piperazine rings is 1. The van der Waals surface area contributed by atoms with Crippen molar-refractivity contribution in [2.24, 2.45) is 11.8 Å². The highest BCUT2D eigenvalue weighted by molar-refractivity contribution is 5.90. The highest BCUT2D eigenvalue weighted by Gasteiger charge is 2.48. The average molecular weight is 476 g/mol. The van der Waals surface area contributed by atoms with Crippen LogP contribution in [0.15, 0.2) is 24.3 Å². The zero-order valence-electron chi connectivity index (χ0n) is 21.7. The van der Waals surface area contributed by atoms with Crippen LogP contribution >= 0.6 is 0 Å². The van der Waals surface area contributed by atoms with Gasteiger partial charge in [-0.3, -0.25) is 19.4 Å². The second-order valence-corrected chi connectivity index (χ2v) is 9.74. The number of likely N-dealkylation sites (N-methyl/N-ethyl adjacent to an activating group) is 1. The second kappa shape index (κ2) is 12.7. The van der Waals surface area contributed by atoms with Gasteiger partial charge in [0.25, 0.3) is 0 Å². The van der Waals surface area contributed by atoms with Crippen LogP contribution in [0, 0.1) is 11.8 Å². The Labute approximate surface area is 204 Å². The molecule has 1 unspecified atom stereocenters. The summed E-state index contributed by atoms with van der Waals surface area (Å²) in [6, 6.07) is 7.56. The smallest absolute Gasteiger partial charge is 0.245 e. The normalized spacial score (nSPS) is 20.9. The molecular weight excluding hydrogens is 434 g/mol. The van der Waals surface area contributed by atoms with E-state index in [1.54, 1.807) is 24.1 Å². The lowest BCUT2D eigenvalue weighted by Crippen LogP contribution is -2.74. The fourth-order valence-electron chi connectivity index (χ4n) is 4.41. The number of rotatable bonds is 8. The Balaban J connectivity index is 0.000000310. The summed E-state index contributed by atoms with van der Waals surface area (Å²) >= 11 is 0. The first-order valence-corrected chi connectivity index (χ1v) is 11.9. The number of nitrogens with zero attached hydrogens (tertiary/aromatic N) is 4. The van der Waals surface area contributed by atoms with E-state index in [-0.39, 0.29) is 18.4 Å². The number of carbonyl (C=O) groups excluding carboxylic acids is 3. The first-order chi connectivity index (χ1) is 16.1. The Bertz CT molecular complexity index is 814. The molecule has 0 spiro atoms. The number of amides is 3. The minimum Gasteiger partial charge on any atom is -0.497 e. The van der Waals surface area contributed by atoms with Crippen molar-refractivity contribution in [3.63, 3.8) is 0 Å². The van der Waals surface area contributed by atoms with E-state index >= 15 is 0 Å². The highest BCUT2D eigenvalue weighted by atomic mass is 16.5. The second-order valence-electron chi connectivity index (χ2n) is 9.74. The number of ether oxygens (including phenoxy) is 1. The number of fused-ring (bicyclic) bond motifs is 1. The minimum atomic E-state index is -0.476. The molecule has 0 bridgehead atoms. The Morgan fingerprint density at radius 3 is 2.26 bits per heavy atom. The van der Waals surface area contributed by atoms with Gasteiger partial charge in [-0.2, -0.15) is 0 Å². The summed E-state index contributed by atoms with van der Waals surface area (Å²) in [6.45, 7) is 10.3. The number of benzene rings is 1. The molecule has 2 heterocycles. The molecule has 2 aliphatic heterocycles. The van der Waals surface area contributed by atoms with Crippen molar-refractivity contribution in [1.29, 1.82) is 0 Å². The van der Waals surface area contributed by atoms with Crippen LogP contribution in [0.3, 0.4) is 0 Å². The fraction of sp³-hybridized carbons (Fsp3) is 0.640. The lowest BCUT2D eigenvalue weighted by atomic mass is 9.96. The van der Waals surface area contributed by atoms with E-state index in [9.17, 15) is 14.4 Å². The molecule has 34 heavy (non-hydrogen) atoms. The molecule has 190 valence electrons. The van der Waals surface area contributed by atoms with Gasteiger partial charge >= 0.3 is 0 Å². The molecule has 9 nitrogen and oxygen atoms in total. The molecule has 2 saturated heterocycles. The van der Waals surface area contributed by atoms with Gasteiger partial charge in [-0.15, -0.1) is 0 Å². The molecule has 2 fully saturated rings. The largest absolute Gasteiger partial charge is 0.497 e. The topological polar surface area (TPSA) is 85.4 Å². The van der Waals surface area contributed by atoms with Gasteiger partial charge < -0.3 is 19.9 Å². The fourth-order valence-corrected chi connectivity index (χ4v) is 4.41. The molecule has 2 atom stereocenters. The van der Waals surface area contributed by atoms with Gasteiger partial charge in [0.1, 0.15) is 18.0 Å². The van der Waals surface area contributed by atoms with Crippen molar-refractivity contribution >= 4 is 18.2 Å². The average Bonchev–Trinajstić information content (AvgIpc) is 2.77. The van der Waals surface area contributed by atoms with Crippen LogP contribution in [0.1, 0.15) is 39.7 Å². The molecule has 9 heteroatoms. The van der Waals surface area contributed by atoms with E-state index in [0.29, 0.717) is 31.3 Å². The maximum atomic E-state index is 12.9. The van der Waals surface area contributed by atoms with Gasteiger partial charge in [-0.1, -0.05) is 39.8 Å². The van der Waals surface area contributed by atoms with Gasteiger partial charge in [0.2, 0.25) is 18.2 Å². The Morgan fingerprint density at radius 1 is 1.12 bits per heavy atom. The van der Waals surface area contributed by atoms with Crippen molar-refractivity contribution in [3.8, 4) is 5.75 Å². The van der Waals surface area contributed by atoms with Crippen LogP contribution in [0.4, 0.5) is 0 Å². The number of hydrogen-bond donors (Lipinski definition) is 1. The maximum Gasteiger partial charge on any atom is 0.245 e. The number of hydrogen-bond acceptors (Lipinski definition) is 6. The first-order valence-electron chi connectivity index (χ1n) is 11.9. The zero-order valence-corrected chi connectivity index (χ0v) is 21.7. The monoisotopic (exact) mass is 475 g/mol. The maximum absolute atomic E-state index is 12.9. The standard InChI is InChI=1S/C16H28N4O3.C9H13NO/c1-11(2)6-13-16(23)18(7-12(3)4)8-14-19(10-21)17(5)9-15(22)20(13)14;1-10-7-8-3-5-9(11-2)6-4-8/h10-14H,6-9H2,1-5H3;3-6,10H,7H2,1-2H3/t13-,14?;/m0./s1. The van der Waals surface area contributed by atoms with Crippen LogP contribution < -0.4 is 10.1 Å². The molecule has 0 aliphatic carbocycles. The van der Waals surface area contributed by atoms with Crippen LogP contribution in [-0.4, -0.2) is 91.1 Å². The van der Waals surface area contributed by atoms with Crippen LogP contribution in [-0.2, 0) is 20.9 Å². The lowest BCUT2D eigenvalue weighted by molar-refractivity contribution is -0.197. The lowest BCUT2D eigenvalue weighted by Gasteiger charge is -2.54. The van der Waals surface area contributed by atoms with Gasteiger partial charge in [0.15, 0.2) is 0 Å². The van der Waals surface area contributed by atoms with E-state index in [1.807, 2.05) is 37.9 Å². The third-order valence-electron chi connectivity index (χ3n) is 5.92. The molecule has 0 radical (unpaired) electrons. The van der Waals surface area contributed by atoms with E-state index < -0.39 is 12.2 Å². The van der Waals surface area contributed by atoms with Crippen molar-refractivity contribution < 1.29 is 19.1 Å². The SMILES string of the molecule is CC(C)C[C@H]1C(=O)N(CC(C)C)CC2N1C(=O)CN(C)N2C=O.CNCc1ccc(OC)cc1. The van der Waals surface area contributed by atoms with Gasteiger partial charge in [-0.25, -0.2) is 5.01 Å². The highest BCUT2D eigenvalue weighted by Crippen LogP contribution is 2.28. The molecule has 1 aromatic carbocycles. The van der Waals surface area contributed by atoms with Crippen molar-refractivity contribution in [1.82, 2.24) is 25.1 Å².